The molecule has 0 aliphatic carbocycles. The van der Waals surface area contributed by atoms with Crippen LogP contribution in [0.3, 0.4) is 0 Å². The minimum absolute atomic E-state index is 0.0331. The molecule has 1 aliphatic rings. The van der Waals surface area contributed by atoms with Crippen molar-refractivity contribution in [2.45, 2.75) is 146 Å². The molecule has 1 atom stereocenters. The standard InChI is InChI=1S/C44H52ClN5O2.C5H10.2C3H8.C3H6.C2H6/c1-6-11-15-33(8-3)35-17-13-18-36(29-35)43(51)48-37(10-5)23-26-46-41-22-21-32(30-47-41)31-50-27-24-38(25-28-50)49-44(52)40-20-14-19-39(42(40)45)34(9-4)16-12-7-2;1-3-5-4-2;3*1-3-2;1-2/h6-9,11-22,29-30,37-38H,3-4,10,23-28,31H2,1-2,5H3,(H,46,47)(H,48,51)(H,49,52);3H,1,4-5H2,2H3;2*3H2,1-2H3;3H,1H2,2H3;1-2H3/b11-6-,12-7-,33-15+,34-16+;;;;;. The number of amides is 2. The summed E-state index contributed by atoms with van der Waals surface area (Å²) in [5.74, 6) is 0.576. The largest absolute Gasteiger partial charge is 0.370 e. The maximum Gasteiger partial charge on any atom is 0.253 e. The van der Waals surface area contributed by atoms with Gasteiger partial charge in [-0.25, -0.2) is 4.98 Å². The highest BCUT2D eigenvalue weighted by Crippen LogP contribution is 2.29. The van der Waals surface area contributed by atoms with E-state index in [2.05, 4.69) is 99.8 Å². The molecule has 3 aromatic rings. The van der Waals surface area contributed by atoms with Gasteiger partial charge in [0.2, 0.25) is 0 Å². The maximum absolute atomic E-state index is 13.2. The lowest BCUT2D eigenvalue weighted by molar-refractivity contribution is 0.0906. The molecule has 374 valence electrons. The van der Waals surface area contributed by atoms with Crippen LogP contribution in [0.5, 0.6) is 0 Å². The molecule has 1 aromatic heterocycles. The highest BCUT2D eigenvalue weighted by molar-refractivity contribution is 6.35. The number of carbonyl (C=O) groups excluding carboxylic acids is 2. The molecule has 1 saturated heterocycles. The Morgan fingerprint density at radius 2 is 1.35 bits per heavy atom. The van der Waals surface area contributed by atoms with E-state index < -0.39 is 0 Å². The molecule has 2 amide bonds. The first-order valence-corrected chi connectivity index (χ1v) is 25.3. The van der Waals surface area contributed by atoms with Crippen molar-refractivity contribution in [3.8, 4) is 0 Å². The fourth-order valence-corrected chi connectivity index (χ4v) is 6.65. The van der Waals surface area contributed by atoms with E-state index in [1.807, 2.05) is 126 Å². The Hall–Kier alpha value is -5.50. The van der Waals surface area contributed by atoms with E-state index in [0.717, 1.165) is 85.4 Å². The van der Waals surface area contributed by atoms with E-state index in [1.54, 1.807) is 24.3 Å². The van der Waals surface area contributed by atoms with E-state index in [-0.39, 0.29) is 23.9 Å². The van der Waals surface area contributed by atoms with Crippen LogP contribution < -0.4 is 16.0 Å². The van der Waals surface area contributed by atoms with Gasteiger partial charge in [0.05, 0.1) is 10.6 Å². The summed E-state index contributed by atoms with van der Waals surface area (Å²) in [7, 11) is 0. The zero-order valence-corrected chi connectivity index (χ0v) is 44.9. The average Bonchev–Trinajstić information content (AvgIpc) is 3.35. The van der Waals surface area contributed by atoms with E-state index in [0.29, 0.717) is 22.7 Å². The SMILES string of the molecule is C=C/C(=C\C=C/C)c1cccc(C(=O)NC(CC)CCNc2ccc(CN3CCC(NC(=O)c4cccc(/C(C=C)=C/C=C\C)c4Cl)CC3)cn2)c1.C=CC.C=CCCC.CC.CCC.CCC. The minimum Gasteiger partial charge on any atom is -0.370 e. The van der Waals surface area contributed by atoms with Crippen LogP contribution in [0.15, 0.2) is 148 Å². The van der Waals surface area contributed by atoms with Crippen molar-refractivity contribution < 1.29 is 9.59 Å². The van der Waals surface area contributed by atoms with Crippen LogP contribution in [0.1, 0.15) is 165 Å². The lowest BCUT2D eigenvalue weighted by atomic mass is 10.0. The number of allylic oxidation sites excluding steroid dienone is 12. The quantitative estimate of drug-likeness (QED) is 0.0823. The number of likely N-dealkylation sites (tertiary alicyclic amines) is 1. The third-order valence-corrected chi connectivity index (χ3v) is 10.1. The number of aromatic nitrogens is 1. The summed E-state index contributed by atoms with van der Waals surface area (Å²) < 4.78 is 0. The number of hydrogen-bond donors (Lipinski definition) is 3. The number of piperidine rings is 1. The minimum atomic E-state index is -0.152. The second kappa shape index (κ2) is 42.8. The van der Waals surface area contributed by atoms with Crippen LogP contribution in [0.25, 0.3) is 11.1 Å². The maximum atomic E-state index is 13.2. The van der Waals surface area contributed by atoms with Gasteiger partial charge in [-0.3, -0.25) is 14.5 Å². The monoisotopic (exact) mass is 948 g/mol. The van der Waals surface area contributed by atoms with Crippen molar-refractivity contribution in [2.75, 3.05) is 25.0 Å². The van der Waals surface area contributed by atoms with Crippen molar-refractivity contribution in [2.24, 2.45) is 0 Å². The predicted octanol–water partition coefficient (Wildman–Crippen LogP) is 16.5. The number of rotatable bonds is 19. The third kappa shape index (κ3) is 27.3. The molecule has 0 bridgehead atoms. The predicted molar refractivity (Wildman–Crippen MR) is 303 cm³/mol. The lowest BCUT2D eigenvalue weighted by Crippen LogP contribution is -2.44. The van der Waals surface area contributed by atoms with Crippen LogP contribution in [0, 0.1) is 0 Å². The Balaban J connectivity index is 0. The molecule has 0 saturated carbocycles. The zero-order valence-electron chi connectivity index (χ0n) is 44.1. The summed E-state index contributed by atoms with van der Waals surface area (Å²) in [6.45, 7) is 40.5. The Morgan fingerprint density at radius 3 is 1.85 bits per heavy atom. The van der Waals surface area contributed by atoms with Crippen molar-refractivity contribution in [3.05, 3.63) is 181 Å². The van der Waals surface area contributed by atoms with Gasteiger partial charge in [0.25, 0.3) is 11.8 Å². The molecule has 3 N–H and O–H groups in total. The third-order valence-electron chi connectivity index (χ3n) is 9.66. The highest BCUT2D eigenvalue weighted by atomic mass is 35.5. The van der Waals surface area contributed by atoms with E-state index in [4.69, 9.17) is 11.6 Å². The average molecular weight is 949 g/mol. The molecule has 2 heterocycles. The number of halogens is 1. The molecule has 7 nitrogen and oxygen atoms in total. The van der Waals surface area contributed by atoms with Crippen LogP contribution in [-0.2, 0) is 6.54 Å². The summed E-state index contributed by atoms with van der Waals surface area (Å²) >= 11 is 6.70. The van der Waals surface area contributed by atoms with Crippen LogP contribution >= 0.6 is 11.6 Å². The molecule has 2 aromatic carbocycles. The summed E-state index contributed by atoms with van der Waals surface area (Å²) in [5, 5.41) is 10.2. The second-order valence-electron chi connectivity index (χ2n) is 15.7. The Kier molecular flexibility index (Phi) is 40.7. The van der Waals surface area contributed by atoms with Crippen molar-refractivity contribution in [1.29, 1.82) is 0 Å². The molecule has 0 radical (unpaired) electrons. The van der Waals surface area contributed by atoms with Gasteiger partial charge in [0.15, 0.2) is 0 Å². The Bertz CT molecular complexity index is 1970. The van der Waals surface area contributed by atoms with Gasteiger partial charge in [0.1, 0.15) is 5.82 Å². The number of carbonyl (C=O) groups is 2. The fraction of sp³-hybridized carbons (Fsp3) is 0.417. The van der Waals surface area contributed by atoms with Gasteiger partial charge in [-0.15, -0.1) is 13.2 Å². The van der Waals surface area contributed by atoms with Crippen molar-refractivity contribution in [3.63, 3.8) is 0 Å². The molecule has 0 spiro atoms. The first kappa shape index (κ1) is 64.6. The van der Waals surface area contributed by atoms with Gasteiger partial charge in [-0.05, 0) is 99.4 Å². The molecule has 8 heteroatoms. The number of anilines is 1. The first-order chi connectivity index (χ1) is 32.9. The zero-order chi connectivity index (χ0) is 51.5. The number of nitrogens with one attached hydrogen (secondary N) is 3. The van der Waals surface area contributed by atoms with Crippen LogP contribution in [0.2, 0.25) is 5.02 Å². The van der Waals surface area contributed by atoms with E-state index >= 15 is 0 Å². The van der Waals surface area contributed by atoms with E-state index in [1.165, 1.54) is 19.3 Å². The van der Waals surface area contributed by atoms with Crippen molar-refractivity contribution in [1.82, 2.24) is 20.5 Å². The number of pyridine rings is 1. The highest BCUT2D eigenvalue weighted by Gasteiger charge is 2.23. The number of benzene rings is 2. The van der Waals surface area contributed by atoms with E-state index in [9.17, 15) is 9.59 Å². The van der Waals surface area contributed by atoms with Crippen LogP contribution in [0.4, 0.5) is 5.82 Å². The lowest BCUT2D eigenvalue weighted by Gasteiger charge is -2.32. The smallest absolute Gasteiger partial charge is 0.253 e. The summed E-state index contributed by atoms with van der Waals surface area (Å²) in [6, 6.07) is 17.4. The first-order valence-electron chi connectivity index (χ1n) is 25.0. The van der Waals surface area contributed by atoms with Crippen molar-refractivity contribution >= 4 is 40.4 Å². The van der Waals surface area contributed by atoms with Gasteiger partial charge in [-0.1, -0.05) is 191 Å². The Morgan fingerprint density at radius 1 is 0.794 bits per heavy atom. The topological polar surface area (TPSA) is 86.4 Å². The molecule has 1 aliphatic heterocycles. The van der Waals surface area contributed by atoms with Gasteiger partial charge >= 0.3 is 0 Å². The molecular weight excluding hydrogens is 858 g/mol. The molecule has 68 heavy (non-hydrogen) atoms. The number of nitrogens with zero attached hydrogens (tertiary/aromatic N) is 2. The van der Waals surface area contributed by atoms with Gasteiger partial charge in [0, 0.05) is 55.6 Å². The molecule has 1 unspecified atom stereocenters. The van der Waals surface area contributed by atoms with Gasteiger partial charge in [-0.2, -0.15) is 0 Å². The normalized spacial score (nSPS) is 12.9. The second-order valence-corrected chi connectivity index (χ2v) is 16.1. The van der Waals surface area contributed by atoms with Crippen LogP contribution in [-0.4, -0.2) is 53.4 Å². The molecular formula is C60H90ClN5O2. The van der Waals surface area contributed by atoms with Gasteiger partial charge < -0.3 is 16.0 Å². The summed E-state index contributed by atoms with van der Waals surface area (Å²) in [4.78, 5) is 33.3. The fourth-order valence-electron chi connectivity index (χ4n) is 6.32. The summed E-state index contributed by atoms with van der Waals surface area (Å²) in [5.41, 5.74) is 5.82. The number of hydrogen-bond acceptors (Lipinski definition) is 5. The molecule has 1 fully saturated rings. The molecule has 4 rings (SSSR count). The summed E-state index contributed by atoms with van der Waals surface area (Å²) in [6.07, 6.45) is 29.0. The number of unbranched alkanes of at least 4 members (excludes halogenated alkanes) is 1. The Labute approximate surface area is 420 Å².